The summed E-state index contributed by atoms with van der Waals surface area (Å²) in [5.41, 5.74) is 2.78. The molecule has 82 valence electrons. The van der Waals surface area contributed by atoms with E-state index in [1.165, 1.54) is 6.07 Å². The molecule has 0 atom stereocenters. The van der Waals surface area contributed by atoms with Crippen LogP contribution in [0.2, 0.25) is 10.0 Å². The molecule has 0 heterocycles. The Labute approximate surface area is 104 Å². The third kappa shape index (κ3) is 2.31. The molecule has 0 aromatic heterocycles. The number of phenols is 1. The van der Waals surface area contributed by atoms with Gasteiger partial charge in [0.05, 0.1) is 0 Å². The van der Waals surface area contributed by atoms with Gasteiger partial charge in [0.1, 0.15) is 5.75 Å². The van der Waals surface area contributed by atoms with Gasteiger partial charge in [0, 0.05) is 15.6 Å². The third-order valence-electron chi connectivity index (χ3n) is 2.32. The summed E-state index contributed by atoms with van der Waals surface area (Å²) in [6, 6.07) is 10.7. The van der Waals surface area contributed by atoms with E-state index in [4.69, 9.17) is 23.2 Å². The van der Waals surface area contributed by atoms with Crippen molar-refractivity contribution >= 4 is 23.2 Å². The summed E-state index contributed by atoms with van der Waals surface area (Å²) >= 11 is 12.0. The van der Waals surface area contributed by atoms with Gasteiger partial charge in [0.2, 0.25) is 0 Å². The minimum absolute atomic E-state index is 0.138. The number of benzene rings is 2. The topological polar surface area (TPSA) is 20.2 Å². The highest BCUT2D eigenvalue weighted by Crippen LogP contribution is 2.32. The molecule has 0 amide bonds. The van der Waals surface area contributed by atoms with E-state index in [2.05, 4.69) is 0 Å². The minimum atomic E-state index is 0.138. The average Bonchev–Trinajstić information content (AvgIpc) is 2.15. The second kappa shape index (κ2) is 4.36. The van der Waals surface area contributed by atoms with Gasteiger partial charge in [-0.3, -0.25) is 0 Å². The number of aromatic hydroxyl groups is 1. The summed E-state index contributed by atoms with van der Waals surface area (Å²) in [7, 11) is 0. The lowest BCUT2D eigenvalue weighted by Crippen LogP contribution is -1.81. The van der Waals surface area contributed by atoms with Crippen molar-refractivity contribution in [2.75, 3.05) is 0 Å². The maximum atomic E-state index is 9.47. The SMILES string of the molecule is Cc1ccc(-c2cc(O)cc(Cl)c2)c(Cl)c1. The van der Waals surface area contributed by atoms with Gasteiger partial charge in [0.25, 0.3) is 0 Å². The second-order valence-electron chi connectivity index (χ2n) is 3.68. The Balaban J connectivity index is 2.58. The predicted molar refractivity (Wildman–Crippen MR) is 68.3 cm³/mol. The lowest BCUT2D eigenvalue weighted by atomic mass is 10.0. The van der Waals surface area contributed by atoms with Gasteiger partial charge in [-0.1, -0.05) is 35.3 Å². The maximum absolute atomic E-state index is 9.47. The average molecular weight is 253 g/mol. The highest BCUT2D eigenvalue weighted by atomic mass is 35.5. The molecule has 0 unspecified atom stereocenters. The summed E-state index contributed by atoms with van der Waals surface area (Å²) in [6.07, 6.45) is 0. The van der Waals surface area contributed by atoms with Gasteiger partial charge in [-0.05, 0) is 42.3 Å². The van der Waals surface area contributed by atoms with Crippen LogP contribution < -0.4 is 0 Å². The number of halogens is 2. The molecular formula is C13H10Cl2O. The van der Waals surface area contributed by atoms with E-state index in [0.717, 1.165) is 16.7 Å². The molecule has 3 heteroatoms. The molecule has 0 saturated heterocycles. The Morgan fingerprint density at radius 1 is 1.00 bits per heavy atom. The summed E-state index contributed by atoms with van der Waals surface area (Å²) < 4.78 is 0. The van der Waals surface area contributed by atoms with Crippen LogP contribution in [0.15, 0.2) is 36.4 Å². The predicted octanol–water partition coefficient (Wildman–Crippen LogP) is 4.67. The van der Waals surface area contributed by atoms with Crippen LogP contribution in [0.5, 0.6) is 5.75 Å². The van der Waals surface area contributed by atoms with Crippen molar-refractivity contribution in [1.82, 2.24) is 0 Å². The zero-order valence-corrected chi connectivity index (χ0v) is 10.2. The van der Waals surface area contributed by atoms with E-state index in [0.29, 0.717) is 10.0 Å². The van der Waals surface area contributed by atoms with Crippen LogP contribution in [0.4, 0.5) is 0 Å². The first kappa shape index (κ1) is 11.3. The molecule has 0 bridgehead atoms. The van der Waals surface area contributed by atoms with Crippen LogP contribution in [-0.4, -0.2) is 5.11 Å². The lowest BCUT2D eigenvalue weighted by molar-refractivity contribution is 0.475. The quantitative estimate of drug-likeness (QED) is 0.782. The first-order chi connectivity index (χ1) is 7.56. The van der Waals surface area contributed by atoms with Crippen molar-refractivity contribution in [3.63, 3.8) is 0 Å². The normalized spacial score (nSPS) is 10.4. The van der Waals surface area contributed by atoms with E-state index in [1.807, 2.05) is 25.1 Å². The maximum Gasteiger partial charge on any atom is 0.117 e. The van der Waals surface area contributed by atoms with Gasteiger partial charge in [-0.25, -0.2) is 0 Å². The summed E-state index contributed by atoms with van der Waals surface area (Å²) in [4.78, 5) is 0. The van der Waals surface area contributed by atoms with Crippen molar-refractivity contribution < 1.29 is 5.11 Å². The van der Waals surface area contributed by atoms with Gasteiger partial charge < -0.3 is 5.11 Å². The van der Waals surface area contributed by atoms with Gasteiger partial charge in [-0.15, -0.1) is 0 Å². The molecule has 1 N–H and O–H groups in total. The fraction of sp³-hybridized carbons (Fsp3) is 0.0769. The minimum Gasteiger partial charge on any atom is -0.508 e. The molecule has 0 saturated carbocycles. The van der Waals surface area contributed by atoms with E-state index in [1.54, 1.807) is 12.1 Å². The summed E-state index contributed by atoms with van der Waals surface area (Å²) in [5.74, 6) is 0.138. The fourth-order valence-corrected chi connectivity index (χ4v) is 2.16. The standard InChI is InChI=1S/C13H10Cl2O/c1-8-2-3-12(13(15)4-8)9-5-10(14)7-11(16)6-9/h2-7,16H,1H3. The number of hydrogen-bond donors (Lipinski definition) is 1. The Hall–Kier alpha value is -1.18. The smallest absolute Gasteiger partial charge is 0.117 e. The van der Waals surface area contributed by atoms with E-state index in [-0.39, 0.29) is 5.75 Å². The van der Waals surface area contributed by atoms with Crippen molar-refractivity contribution in [2.45, 2.75) is 6.92 Å². The van der Waals surface area contributed by atoms with Crippen LogP contribution >= 0.6 is 23.2 Å². The van der Waals surface area contributed by atoms with Crippen molar-refractivity contribution in [3.05, 3.63) is 52.0 Å². The zero-order valence-electron chi connectivity index (χ0n) is 8.67. The van der Waals surface area contributed by atoms with Crippen molar-refractivity contribution in [3.8, 4) is 16.9 Å². The highest BCUT2D eigenvalue weighted by molar-refractivity contribution is 6.34. The molecule has 1 nitrogen and oxygen atoms in total. The summed E-state index contributed by atoms with van der Waals surface area (Å²) in [5, 5.41) is 10.6. The molecule has 16 heavy (non-hydrogen) atoms. The number of aryl methyl sites for hydroxylation is 1. The molecule has 0 aliphatic rings. The van der Waals surface area contributed by atoms with Gasteiger partial charge in [-0.2, -0.15) is 0 Å². The molecule has 0 aliphatic carbocycles. The van der Waals surface area contributed by atoms with Crippen molar-refractivity contribution in [1.29, 1.82) is 0 Å². The first-order valence-electron chi connectivity index (χ1n) is 4.82. The largest absolute Gasteiger partial charge is 0.508 e. The number of phenolic OH excluding ortho intramolecular Hbond substituents is 1. The van der Waals surface area contributed by atoms with E-state index >= 15 is 0 Å². The van der Waals surface area contributed by atoms with Crippen LogP contribution in [0.3, 0.4) is 0 Å². The van der Waals surface area contributed by atoms with Crippen molar-refractivity contribution in [2.24, 2.45) is 0 Å². The van der Waals surface area contributed by atoms with E-state index < -0.39 is 0 Å². The second-order valence-corrected chi connectivity index (χ2v) is 4.53. The number of hydrogen-bond acceptors (Lipinski definition) is 1. The Morgan fingerprint density at radius 2 is 1.75 bits per heavy atom. The van der Waals surface area contributed by atoms with Crippen LogP contribution in [0, 0.1) is 6.92 Å². The van der Waals surface area contributed by atoms with Crippen LogP contribution in [-0.2, 0) is 0 Å². The molecule has 0 radical (unpaired) electrons. The van der Waals surface area contributed by atoms with Gasteiger partial charge >= 0.3 is 0 Å². The molecule has 2 aromatic rings. The molecule has 2 aromatic carbocycles. The molecular weight excluding hydrogens is 243 g/mol. The van der Waals surface area contributed by atoms with Crippen LogP contribution in [0.25, 0.3) is 11.1 Å². The van der Waals surface area contributed by atoms with Gasteiger partial charge in [0.15, 0.2) is 0 Å². The molecule has 0 spiro atoms. The Kier molecular flexibility index (Phi) is 3.08. The third-order valence-corrected chi connectivity index (χ3v) is 2.85. The highest BCUT2D eigenvalue weighted by Gasteiger charge is 2.05. The van der Waals surface area contributed by atoms with E-state index in [9.17, 15) is 5.11 Å². The lowest BCUT2D eigenvalue weighted by Gasteiger charge is -2.06. The van der Waals surface area contributed by atoms with Crippen LogP contribution in [0.1, 0.15) is 5.56 Å². The fourth-order valence-electron chi connectivity index (χ4n) is 1.58. The Morgan fingerprint density at radius 3 is 2.38 bits per heavy atom. The Bertz CT molecular complexity index is 515. The zero-order chi connectivity index (χ0) is 11.7. The number of rotatable bonds is 1. The molecule has 2 rings (SSSR count). The first-order valence-corrected chi connectivity index (χ1v) is 5.58. The monoisotopic (exact) mass is 252 g/mol. The molecule has 0 aliphatic heterocycles. The summed E-state index contributed by atoms with van der Waals surface area (Å²) in [6.45, 7) is 1.98. The molecule has 0 fully saturated rings.